The number of hydrogen-bond donors (Lipinski definition) is 0. The Kier molecular flexibility index (Phi) is 4.43. The molecule has 1 aliphatic carbocycles. The molecule has 2 aromatic rings. The van der Waals surface area contributed by atoms with Gasteiger partial charge in [0.05, 0.1) is 17.7 Å². The van der Waals surface area contributed by atoms with Crippen molar-refractivity contribution in [2.75, 3.05) is 6.61 Å². The molecule has 1 heterocycles. The van der Waals surface area contributed by atoms with E-state index in [0.29, 0.717) is 12.2 Å². The number of rotatable bonds is 3. The fourth-order valence-corrected chi connectivity index (χ4v) is 6.08. The van der Waals surface area contributed by atoms with Crippen LogP contribution in [-0.2, 0) is 15.2 Å². The Morgan fingerprint density at radius 2 is 1.85 bits per heavy atom. The minimum atomic E-state index is -0.801. The van der Waals surface area contributed by atoms with E-state index in [4.69, 9.17) is 4.74 Å². The summed E-state index contributed by atoms with van der Waals surface area (Å²) in [5.74, 6) is -0.332. The van der Waals surface area contributed by atoms with Gasteiger partial charge in [0.2, 0.25) is 0 Å². The molecule has 2 aliphatic rings. The van der Waals surface area contributed by atoms with Crippen LogP contribution < -0.4 is 0 Å². The maximum absolute atomic E-state index is 12.9. The topological polar surface area (TPSA) is 43.4 Å². The molecular weight excluding hydrogens is 344 g/mol. The van der Waals surface area contributed by atoms with Crippen LogP contribution in [0.4, 0.5) is 0 Å². The quantitative estimate of drug-likeness (QED) is 0.361. The van der Waals surface area contributed by atoms with Gasteiger partial charge < -0.3 is 4.74 Å². The van der Waals surface area contributed by atoms with Crippen molar-refractivity contribution in [1.82, 2.24) is 0 Å². The molecule has 0 radical (unpaired) electrons. The summed E-state index contributed by atoms with van der Waals surface area (Å²) < 4.78 is 5.07. The predicted molar refractivity (Wildman–Crippen MR) is 105 cm³/mol. The van der Waals surface area contributed by atoms with Gasteiger partial charge in [-0.1, -0.05) is 40.8 Å². The molecule has 0 N–H and O–H groups in total. The van der Waals surface area contributed by atoms with Crippen molar-refractivity contribution in [3.05, 3.63) is 84.0 Å². The molecule has 3 nitrogen and oxygen atoms in total. The molecule has 0 saturated heterocycles. The monoisotopic (exact) mass is 363 g/mol. The van der Waals surface area contributed by atoms with Gasteiger partial charge in [-0.3, -0.25) is 4.79 Å². The van der Waals surface area contributed by atoms with E-state index in [1.807, 2.05) is 66.8 Å². The van der Waals surface area contributed by atoms with Crippen molar-refractivity contribution in [2.45, 2.75) is 16.7 Å². The van der Waals surface area contributed by atoms with Gasteiger partial charge in [-0.05, 0) is 49.4 Å². The van der Waals surface area contributed by atoms with Gasteiger partial charge in [-0.2, -0.15) is 0 Å². The van der Waals surface area contributed by atoms with Crippen LogP contribution in [0.1, 0.15) is 27.6 Å². The van der Waals surface area contributed by atoms with Gasteiger partial charge in [0, 0.05) is 0 Å². The summed E-state index contributed by atoms with van der Waals surface area (Å²) in [7, 11) is -0.801. The first kappa shape index (κ1) is 16.7. The highest BCUT2D eigenvalue weighted by molar-refractivity contribution is 7.97. The Hall–Kier alpha value is -2.72. The molecule has 2 atom stereocenters. The first-order valence-electron chi connectivity index (χ1n) is 8.63. The van der Waals surface area contributed by atoms with Crippen LogP contribution in [0.25, 0.3) is 0 Å². The molecule has 0 spiro atoms. The number of esters is 1. The maximum atomic E-state index is 12.9. The van der Waals surface area contributed by atoms with Gasteiger partial charge in [-0.25, -0.2) is 4.79 Å². The van der Waals surface area contributed by atoms with Gasteiger partial charge >= 0.3 is 5.97 Å². The summed E-state index contributed by atoms with van der Waals surface area (Å²) in [4.78, 5) is 28.2. The van der Waals surface area contributed by atoms with Gasteiger partial charge in [0.15, 0.2) is 5.78 Å². The highest BCUT2D eigenvalue weighted by Crippen LogP contribution is 2.33. The van der Waals surface area contributed by atoms with Crippen molar-refractivity contribution in [3.8, 4) is 0 Å². The molecule has 2 unspecified atom stereocenters. The van der Waals surface area contributed by atoms with E-state index in [1.54, 1.807) is 6.92 Å². The third-order valence-electron chi connectivity index (χ3n) is 4.59. The van der Waals surface area contributed by atoms with E-state index in [0.717, 1.165) is 20.2 Å². The van der Waals surface area contributed by atoms with E-state index >= 15 is 0 Å². The lowest BCUT2D eigenvalue weighted by molar-refractivity contribution is 0.0526. The average Bonchev–Trinajstić information content (AvgIpc) is 2.69. The zero-order valence-corrected chi connectivity index (χ0v) is 15.3. The lowest BCUT2D eigenvalue weighted by Crippen LogP contribution is -2.31. The second-order valence-corrected chi connectivity index (χ2v) is 8.32. The molecule has 4 rings (SSSR count). The number of hydrogen-bond acceptors (Lipinski definition) is 3. The summed E-state index contributed by atoms with van der Waals surface area (Å²) in [5.41, 5.74) is 1.36. The first-order valence-corrected chi connectivity index (χ1v) is 9.97. The Morgan fingerprint density at radius 3 is 2.62 bits per heavy atom. The predicted octanol–water partition coefficient (Wildman–Crippen LogP) is 3.74. The summed E-state index contributed by atoms with van der Waals surface area (Å²) in [6, 6.07) is 15.5. The molecule has 2 aromatic carbocycles. The van der Waals surface area contributed by atoms with E-state index in [-0.39, 0.29) is 17.7 Å². The largest absolute Gasteiger partial charge is 0.462 e. The third kappa shape index (κ3) is 2.76. The zero-order chi connectivity index (χ0) is 18.1. The number of fused-ring (bicyclic) bond motifs is 2. The van der Waals surface area contributed by atoms with Crippen molar-refractivity contribution >= 4 is 27.1 Å². The minimum Gasteiger partial charge on any atom is -0.462 e. The summed E-state index contributed by atoms with van der Waals surface area (Å²) in [6.07, 6.45) is 7.99. The van der Waals surface area contributed by atoms with Crippen LogP contribution in [0.2, 0.25) is 0 Å². The lowest BCUT2D eigenvalue weighted by Gasteiger charge is -2.23. The van der Waals surface area contributed by atoms with Crippen molar-refractivity contribution < 1.29 is 14.3 Å². The standard InChI is InChI=1S/C22H18O3S/c1-2-25-22(24)15-11-13-16(14-12-15)26-19-9-5-3-7-17(19)21(23)18-8-4-6-10-20(18)26/h3-14,17H,2H2,1H3/p+1. The van der Waals surface area contributed by atoms with Crippen LogP contribution in [0, 0.1) is 5.92 Å². The molecular formula is C22H19O3S+. The summed E-state index contributed by atoms with van der Waals surface area (Å²) in [6.45, 7) is 2.16. The number of carbonyl (C=O) groups is 2. The second-order valence-electron chi connectivity index (χ2n) is 6.13. The van der Waals surface area contributed by atoms with E-state index in [2.05, 4.69) is 6.08 Å². The highest BCUT2D eigenvalue weighted by atomic mass is 32.2. The van der Waals surface area contributed by atoms with Crippen LogP contribution in [0.3, 0.4) is 0 Å². The number of benzene rings is 2. The number of carbonyl (C=O) groups excluding carboxylic acids is 2. The number of ether oxygens (including phenoxy) is 1. The second kappa shape index (κ2) is 6.89. The van der Waals surface area contributed by atoms with E-state index in [1.165, 1.54) is 0 Å². The number of allylic oxidation sites excluding steroid dienone is 4. The van der Waals surface area contributed by atoms with Crippen LogP contribution in [0.15, 0.2) is 82.6 Å². The smallest absolute Gasteiger partial charge is 0.338 e. The summed E-state index contributed by atoms with van der Waals surface area (Å²) >= 11 is 0. The fourth-order valence-electron chi connectivity index (χ4n) is 3.40. The highest BCUT2D eigenvalue weighted by Gasteiger charge is 2.37. The maximum Gasteiger partial charge on any atom is 0.338 e. The van der Waals surface area contributed by atoms with Crippen LogP contribution in [-0.4, -0.2) is 23.2 Å². The van der Waals surface area contributed by atoms with Crippen molar-refractivity contribution in [2.24, 2.45) is 5.92 Å². The van der Waals surface area contributed by atoms with Gasteiger partial charge in [0.25, 0.3) is 0 Å². The molecule has 0 amide bonds. The Balaban J connectivity index is 1.86. The Labute approximate surface area is 154 Å². The lowest BCUT2D eigenvalue weighted by atomic mass is 9.91. The molecule has 0 aromatic heterocycles. The molecule has 130 valence electrons. The third-order valence-corrected chi connectivity index (χ3v) is 7.22. The SMILES string of the molecule is CCOC(=O)c1ccc([SH+]2=C3C=CC=CC3C(=O)c3ccccc32)cc1. The number of thiol groups is 1. The van der Waals surface area contributed by atoms with Gasteiger partial charge in [-0.15, -0.1) is 0 Å². The van der Waals surface area contributed by atoms with E-state index in [9.17, 15) is 9.59 Å². The van der Waals surface area contributed by atoms with Crippen LogP contribution >= 0.6 is 0 Å². The molecule has 0 bridgehead atoms. The average molecular weight is 363 g/mol. The first-order chi connectivity index (χ1) is 12.7. The van der Waals surface area contributed by atoms with Crippen molar-refractivity contribution in [1.29, 1.82) is 0 Å². The molecule has 1 aliphatic heterocycles. The normalized spacial score (nSPS) is 20.5. The number of Topliss-reactive ketones (excluding diaryl/α,β-unsaturated/α-hetero) is 1. The molecule has 4 heteroatoms. The molecule has 0 saturated carbocycles. The Bertz CT molecular complexity index is 981. The molecule has 0 fully saturated rings. The summed E-state index contributed by atoms with van der Waals surface area (Å²) in [5, 5.41) is 0. The van der Waals surface area contributed by atoms with E-state index < -0.39 is 10.5 Å². The van der Waals surface area contributed by atoms with Gasteiger partial charge in [0.1, 0.15) is 20.6 Å². The number of ketones is 1. The molecule has 26 heavy (non-hydrogen) atoms. The minimum absolute atomic E-state index is 0.165. The Morgan fingerprint density at radius 1 is 1.08 bits per heavy atom. The zero-order valence-electron chi connectivity index (χ0n) is 14.4. The fraction of sp³-hybridized carbons (Fsp3) is 0.136. The van der Waals surface area contributed by atoms with Crippen molar-refractivity contribution in [3.63, 3.8) is 0 Å². The van der Waals surface area contributed by atoms with Crippen LogP contribution in [0.5, 0.6) is 0 Å².